The topological polar surface area (TPSA) is 81.9 Å². The van der Waals surface area contributed by atoms with E-state index in [9.17, 15) is 4.79 Å². The van der Waals surface area contributed by atoms with Crippen molar-refractivity contribution in [2.75, 3.05) is 5.32 Å². The van der Waals surface area contributed by atoms with Crippen molar-refractivity contribution in [1.29, 1.82) is 0 Å². The van der Waals surface area contributed by atoms with E-state index in [2.05, 4.69) is 15.4 Å². The predicted molar refractivity (Wildman–Crippen MR) is 132 cm³/mol. The summed E-state index contributed by atoms with van der Waals surface area (Å²) >= 11 is 0. The van der Waals surface area contributed by atoms with Crippen LogP contribution in [-0.4, -0.2) is 25.7 Å². The van der Waals surface area contributed by atoms with Crippen molar-refractivity contribution >= 4 is 22.6 Å². The standard InChI is InChI=1S/C27H23N5O2/c1-2-32-26-24(17-29-32)23(16-25(31-26)19-9-4-3-5-10-19)27(33)30-20-12-8-13-22(15-20)34-18-21-11-6-7-14-28-21/h3-17H,2,18H2,1H3,(H,30,33). The fourth-order valence-corrected chi connectivity index (χ4v) is 3.73. The van der Waals surface area contributed by atoms with Crippen molar-refractivity contribution in [2.24, 2.45) is 0 Å². The van der Waals surface area contributed by atoms with Gasteiger partial charge in [0.25, 0.3) is 5.91 Å². The maximum Gasteiger partial charge on any atom is 0.256 e. The molecule has 0 spiro atoms. The lowest BCUT2D eigenvalue weighted by molar-refractivity contribution is 0.102. The van der Waals surface area contributed by atoms with Crippen LogP contribution < -0.4 is 10.1 Å². The summed E-state index contributed by atoms with van der Waals surface area (Å²) in [6, 6.07) is 24.6. The van der Waals surface area contributed by atoms with Crippen LogP contribution in [0, 0.1) is 0 Å². The molecule has 5 rings (SSSR count). The molecule has 3 heterocycles. The van der Waals surface area contributed by atoms with Gasteiger partial charge in [0.15, 0.2) is 5.65 Å². The number of rotatable bonds is 7. The zero-order valence-corrected chi connectivity index (χ0v) is 18.7. The van der Waals surface area contributed by atoms with Gasteiger partial charge in [-0.1, -0.05) is 42.5 Å². The second kappa shape index (κ2) is 9.54. The number of amides is 1. The van der Waals surface area contributed by atoms with Gasteiger partial charge in [0.1, 0.15) is 12.4 Å². The molecule has 0 atom stereocenters. The molecular weight excluding hydrogens is 426 g/mol. The van der Waals surface area contributed by atoms with Crippen LogP contribution in [0.1, 0.15) is 23.0 Å². The first-order chi connectivity index (χ1) is 16.7. The van der Waals surface area contributed by atoms with Crippen LogP contribution in [0.15, 0.2) is 91.3 Å². The normalized spacial score (nSPS) is 10.9. The Bertz CT molecular complexity index is 1430. The quantitative estimate of drug-likeness (QED) is 0.362. The first kappa shape index (κ1) is 21.3. The lowest BCUT2D eigenvalue weighted by Gasteiger charge is -2.11. The molecule has 0 unspecified atom stereocenters. The number of pyridine rings is 2. The van der Waals surface area contributed by atoms with Crippen LogP contribution >= 0.6 is 0 Å². The van der Waals surface area contributed by atoms with E-state index in [0.717, 1.165) is 17.0 Å². The summed E-state index contributed by atoms with van der Waals surface area (Å²) in [5.74, 6) is 0.411. The molecule has 5 aromatic rings. The van der Waals surface area contributed by atoms with Crippen molar-refractivity contribution in [1.82, 2.24) is 19.7 Å². The first-order valence-electron chi connectivity index (χ1n) is 11.1. The van der Waals surface area contributed by atoms with Gasteiger partial charge in [0.2, 0.25) is 0 Å². The highest BCUT2D eigenvalue weighted by Gasteiger charge is 2.17. The molecule has 0 bridgehead atoms. The summed E-state index contributed by atoms with van der Waals surface area (Å²) in [4.78, 5) is 22.4. The molecular formula is C27H23N5O2. The van der Waals surface area contributed by atoms with E-state index in [1.165, 1.54) is 0 Å². The molecule has 1 amide bonds. The highest BCUT2D eigenvalue weighted by atomic mass is 16.5. The van der Waals surface area contributed by atoms with Crippen LogP contribution in [0.3, 0.4) is 0 Å². The van der Waals surface area contributed by atoms with E-state index < -0.39 is 0 Å². The highest BCUT2D eigenvalue weighted by Crippen LogP contribution is 2.26. The fraction of sp³-hybridized carbons (Fsp3) is 0.111. The van der Waals surface area contributed by atoms with Crippen LogP contribution in [0.2, 0.25) is 0 Å². The fourth-order valence-electron chi connectivity index (χ4n) is 3.73. The Kier molecular flexibility index (Phi) is 5.99. The lowest BCUT2D eigenvalue weighted by Crippen LogP contribution is -2.13. The minimum Gasteiger partial charge on any atom is -0.487 e. The average Bonchev–Trinajstić information content (AvgIpc) is 3.31. The minimum absolute atomic E-state index is 0.234. The molecule has 0 fully saturated rings. The monoisotopic (exact) mass is 449 g/mol. The second-order valence-electron chi connectivity index (χ2n) is 7.71. The summed E-state index contributed by atoms with van der Waals surface area (Å²) in [7, 11) is 0. The third-order valence-electron chi connectivity index (χ3n) is 5.43. The summed E-state index contributed by atoms with van der Waals surface area (Å²) in [6.45, 7) is 3.00. The molecule has 0 saturated carbocycles. The molecule has 3 aromatic heterocycles. The number of hydrogen-bond donors (Lipinski definition) is 1. The van der Waals surface area contributed by atoms with Gasteiger partial charge in [-0.25, -0.2) is 9.67 Å². The Morgan fingerprint density at radius 2 is 1.85 bits per heavy atom. The van der Waals surface area contributed by atoms with E-state index in [1.807, 2.05) is 79.7 Å². The first-order valence-corrected chi connectivity index (χ1v) is 11.1. The molecule has 1 N–H and O–H groups in total. The molecule has 34 heavy (non-hydrogen) atoms. The zero-order valence-electron chi connectivity index (χ0n) is 18.7. The van der Waals surface area contributed by atoms with E-state index >= 15 is 0 Å². The molecule has 0 aliphatic heterocycles. The summed E-state index contributed by atoms with van der Waals surface area (Å²) in [6.07, 6.45) is 3.43. The number of carbonyl (C=O) groups excluding carboxylic acids is 1. The van der Waals surface area contributed by atoms with Crippen molar-refractivity contribution in [3.63, 3.8) is 0 Å². The molecule has 2 aromatic carbocycles. The van der Waals surface area contributed by atoms with Crippen LogP contribution in [-0.2, 0) is 13.2 Å². The van der Waals surface area contributed by atoms with Crippen molar-refractivity contribution < 1.29 is 9.53 Å². The largest absolute Gasteiger partial charge is 0.487 e. The summed E-state index contributed by atoms with van der Waals surface area (Å²) in [5.41, 5.74) is 4.33. The Hall–Kier alpha value is -4.52. The molecule has 7 nitrogen and oxygen atoms in total. The van der Waals surface area contributed by atoms with Gasteiger partial charge >= 0.3 is 0 Å². The molecule has 0 saturated heterocycles. The van der Waals surface area contributed by atoms with E-state index in [4.69, 9.17) is 9.72 Å². The van der Waals surface area contributed by atoms with E-state index in [-0.39, 0.29) is 5.91 Å². The Balaban J connectivity index is 1.43. The number of ether oxygens (including phenoxy) is 1. The van der Waals surface area contributed by atoms with Crippen molar-refractivity contribution in [3.05, 3.63) is 103 Å². The number of benzene rings is 2. The third kappa shape index (κ3) is 4.49. The number of fused-ring (bicyclic) bond motifs is 1. The third-order valence-corrected chi connectivity index (χ3v) is 5.43. The van der Waals surface area contributed by atoms with Gasteiger partial charge in [-0.2, -0.15) is 5.10 Å². The molecule has 0 radical (unpaired) electrons. The van der Waals surface area contributed by atoms with Gasteiger partial charge in [0, 0.05) is 30.1 Å². The smallest absolute Gasteiger partial charge is 0.256 e. The molecule has 0 aliphatic rings. The number of aryl methyl sites for hydroxylation is 1. The van der Waals surface area contributed by atoms with Crippen molar-refractivity contribution in [3.8, 4) is 17.0 Å². The maximum absolute atomic E-state index is 13.4. The SMILES string of the molecule is CCn1ncc2c(C(=O)Nc3cccc(OCc4ccccn4)c3)cc(-c3ccccc3)nc21. The Labute approximate surface area is 197 Å². The van der Waals surface area contributed by atoms with Crippen LogP contribution in [0.5, 0.6) is 5.75 Å². The van der Waals surface area contributed by atoms with Gasteiger partial charge in [0.05, 0.1) is 28.5 Å². The van der Waals surface area contributed by atoms with Crippen LogP contribution in [0.25, 0.3) is 22.3 Å². The van der Waals surface area contributed by atoms with Gasteiger partial charge < -0.3 is 10.1 Å². The van der Waals surface area contributed by atoms with Gasteiger partial charge in [-0.3, -0.25) is 9.78 Å². The highest BCUT2D eigenvalue weighted by molar-refractivity contribution is 6.12. The summed E-state index contributed by atoms with van der Waals surface area (Å²) < 4.78 is 7.64. The number of carbonyl (C=O) groups is 1. The van der Waals surface area contributed by atoms with Gasteiger partial charge in [-0.05, 0) is 37.3 Å². The van der Waals surface area contributed by atoms with Crippen LogP contribution in [0.4, 0.5) is 5.69 Å². The molecule has 7 heteroatoms. The maximum atomic E-state index is 13.4. The number of anilines is 1. The zero-order chi connectivity index (χ0) is 23.3. The number of aromatic nitrogens is 4. The number of hydrogen-bond acceptors (Lipinski definition) is 5. The summed E-state index contributed by atoms with van der Waals surface area (Å²) in [5, 5.41) is 8.12. The Morgan fingerprint density at radius 3 is 2.65 bits per heavy atom. The van der Waals surface area contributed by atoms with Crippen molar-refractivity contribution in [2.45, 2.75) is 20.1 Å². The lowest BCUT2D eigenvalue weighted by atomic mass is 10.1. The number of nitrogens with zero attached hydrogens (tertiary/aromatic N) is 4. The molecule has 168 valence electrons. The predicted octanol–water partition coefficient (Wildman–Crippen LogP) is 5.34. The second-order valence-corrected chi connectivity index (χ2v) is 7.71. The Morgan fingerprint density at radius 1 is 1.00 bits per heavy atom. The average molecular weight is 450 g/mol. The number of nitrogens with one attached hydrogen (secondary N) is 1. The molecule has 0 aliphatic carbocycles. The van der Waals surface area contributed by atoms with E-state index in [1.54, 1.807) is 23.1 Å². The van der Waals surface area contributed by atoms with Gasteiger partial charge in [-0.15, -0.1) is 0 Å². The van der Waals surface area contributed by atoms with E-state index in [0.29, 0.717) is 41.2 Å². The minimum atomic E-state index is -0.234.